The highest BCUT2D eigenvalue weighted by Gasteiger charge is 2.32. The Morgan fingerprint density at radius 3 is 2.43 bits per heavy atom. The maximum Gasteiger partial charge on any atom is 0.252 e. The molecule has 0 saturated heterocycles. The Hall–Kier alpha value is -4.65. The molecule has 0 aliphatic heterocycles. The molecule has 1 aliphatic carbocycles. The smallest absolute Gasteiger partial charge is 0.252 e. The van der Waals surface area contributed by atoms with Gasteiger partial charge in [0, 0.05) is 23.4 Å². The summed E-state index contributed by atoms with van der Waals surface area (Å²) in [5.74, 6) is 1.67. The fourth-order valence-electron chi connectivity index (χ4n) is 4.75. The second-order valence-corrected chi connectivity index (χ2v) is 8.34. The minimum absolute atomic E-state index is 0.213. The molecule has 35 heavy (non-hydrogen) atoms. The van der Waals surface area contributed by atoms with E-state index >= 15 is 0 Å². The minimum atomic E-state index is -0.308. The SMILES string of the molecule is COc1cc(OC)cc(C(=O)N[C@@H]2c3ccccc3-c3c(-c4nc5ccncc5[nH]4)cccc32)c1. The first-order valence-corrected chi connectivity index (χ1v) is 11.2. The van der Waals surface area contributed by atoms with Gasteiger partial charge in [-0.05, 0) is 40.5 Å². The summed E-state index contributed by atoms with van der Waals surface area (Å²) in [4.78, 5) is 25.8. The fourth-order valence-corrected chi connectivity index (χ4v) is 4.75. The Morgan fingerprint density at radius 1 is 0.914 bits per heavy atom. The third-order valence-corrected chi connectivity index (χ3v) is 6.38. The lowest BCUT2D eigenvalue weighted by atomic mass is 9.98. The van der Waals surface area contributed by atoms with Crippen LogP contribution in [0.4, 0.5) is 0 Å². The van der Waals surface area contributed by atoms with E-state index in [-0.39, 0.29) is 11.9 Å². The Bertz CT molecular complexity index is 1540. The molecule has 1 aliphatic rings. The Labute approximate surface area is 201 Å². The summed E-state index contributed by atoms with van der Waals surface area (Å²) in [6, 6.07) is 21.0. The molecule has 0 radical (unpaired) electrons. The molecular formula is C28H22N4O3. The number of rotatable bonds is 5. The van der Waals surface area contributed by atoms with E-state index in [1.807, 2.05) is 24.3 Å². The number of hydrogen-bond donors (Lipinski definition) is 2. The molecule has 2 N–H and O–H groups in total. The van der Waals surface area contributed by atoms with Gasteiger partial charge in [-0.3, -0.25) is 9.78 Å². The number of nitrogens with one attached hydrogen (secondary N) is 2. The van der Waals surface area contributed by atoms with Crippen LogP contribution >= 0.6 is 0 Å². The topological polar surface area (TPSA) is 89.1 Å². The lowest BCUT2D eigenvalue weighted by molar-refractivity contribution is 0.0943. The molecule has 0 bridgehead atoms. The van der Waals surface area contributed by atoms with E-state index in [2.05, 4.69) is 39.6 Å². The molecule has 172 valence electrons. The van der Waals surface area contributed by atoms with Crippen molar-refractivity contribution in [3.05, 3.63) is 95.8 Å². The number of fused-ring (bicyclic) bond motifs is 4. The predicted molar refractivity (Wildman–Crippen MR) is 134 cm³/mol. The third-order valence-electron chi connectivity index (χ3n) is 6.38. The number of amides is 1. The molecule has 3 aromatic carbocycles. The second-order valence-electron chi connectivity index (χ2n) is 8.34. The number of carbonyl (C=O) groups excluding carboxylic acids is 1. The maximum atomic E-state index is 13.4. The number of hydrogen-bond acceptors (Lipinski definition) is 5. The quantitative estimate of drug-likeness (QED) is 0.377. The molecule has 1 amide bonds. The van der Waals surface area contributed by atoms with Crippen LogP contribution in [0.3, 0.4) is 0 Å². The summed E-state index contributed by atoms with van der Waals surface area (Å²) in [6.07, 6.45) is 3.51. The molecule has 1 atom stereocenters. The van der Waals surface area contributed by atoms with E-state index in [9.17, 15) is 4.79 Å². The largest absolute Gasteiger partial charge is 0.497 e. The monoisotopic (exact) mass is 462 g/mol. The zero-order chi connectivity index (χ0) is 23.9. The molecule has 7 nitrogen and oxygen atoms in total. The highest BCUT2D eigenvalue weighted by Crippen LogP contribution is 2.47. The van der Waals surface area contributed by atoms with Gasteiger partial charge in [0.15, 0.2) is 0 Å². The summed E-state index contributed by atoms with van der Waals surface area (Å²) in [5.41, 5.74) is 7.37. The number of imidazole rings is 1. The van der Waals surface area contributed by atoms with Crippen molar-refractivity contribution in [3.8, 4) is 34.0 Å². The van der Waals surface area contributed by atoms with Gasteiger partial charge in [0.1, 0.15) is 17.3 Å². The number of pyridine rings is 1. The molecule has 6 rings (SSSR count). The van der Waals surface area contributed by atoms with E-state index in [0.717, 1.165) is 44.7 Å². The van der Waals surface area contributed by atoms with Crippen molar-refractivity contribution in [2.45, 2.75) is 6.04 Å². The van der Waals surface area contributed by atoms with Crippen LogP contribution in [0.1, 0.15) is 27.5 Å². The van der Waals surface area contributed by atoms with Crippen molar-refractivity contribution in [1.82, 2.24) is 20.3 Å². The standard InChI is InChI=1S/C28H22N4O3/c1-34-17-12-16(13-18(14-17)35-2)28(33)32-26-20-7-4-3-6-19(20)25-21(26)8-5-9-22(25)27-30-23-10-11-29-15-24(23)31-27/h3-15,26H,1-2H3,(H,30,31)(H,32,33)/t26-/m1/s1. The molecule has 5 aromatic rings. The zero-order valence-corrected chi connectivity index (χ0v) is 19.2. The van der Waals surface area contributed by atoms with Crippen molar-refractivity contribution in [3.63, 3.8) is 0 Å². The molecule has 2 aromatic heterocycles. The van der Waals surface area contributed by atoms with Crippen LogP contribution in [0, 0.1) is 0 Å². The Balaban J connectivity index is 1.44. The summed E-state index contributed by atoms with van der Waals surface area (Å²) in [7, 11) is 3.13. The van der Waals surface area contributed by atoms with Gasteiger partial charge in [-0.2, -0.15) is 0 Å². The van der Waals surface area contributed by atoms with E-state index in [0.29, 0.717) is 17.1 Å². The van der Waals surface area contributed by atoms with Gasteiger partial charge in [0.05, 0.1) is 37.5 Å². The third kappa shape index (κ3) is 3.49. The average molecular weight is 463 g/mol. The Kier molecular flexibility index (Phi) is 4.95. The maximum absolute atomic E-state index is 13.4. The van der Waals surface area contributed by atoms with E-state index in [4.69, 9.17) is 14.5 Å². The normalized spacial score (nSPS) is 13.8. The van der Waals surface area contributed by atoms with Crippen LogP contribution in [0.15, 0.2) is 79.1 Å². The zero-order valence-electron chi connectivity index (χ0n) is 19.2. The van der Waals surface area contributed by atoms with Crippen molar-refractivity contribution in [2.75, 3.05) is 14.2 Å². The Morgan fingerprint density at radius 2 is 1.66 bits per heavy atom. The predicted octanol–water partition coefficient (Wildman–Crippen LogP) is 5.14. The van der Waals surface area contributed by atoms with Crippen LogP contribution in [0.25, 0.3) is 33.5 Å². The highest BCUT2D eigenvalue weighted by atomic mass is 16.5. The van der Waals surface area contributed by atoms with Gasteiger partial charge in [-0.15, -0.1) is 0 Å². The number of carbonyl (C=O) groups is 1. The number of aromatic amines is 1. The highest BCUT2D eigenvalue weighted by molar-refractivity contribution is 5.98. The number of benzene rings is 3. The molecule has 0 saturated carbocycles. The van der Waals surface area contributed by atoms with Gasteiger partial charge >= 0.3 is 0 Å². The first kappa shape index (κ1) is 20.9. The molecule has 7 heteroatoms. The number of aromatic nitrogens is 3. The second kappa shape index (κ2) is 8.29. The fraction of sp³-hybridized carbons (Fsp3) is 0.107. The summed E-state index contributed by atoms with van der Waals surface area (Å²) < 4.78 is 10.7. The number of methoxy groups -OCH3 is 2. The molecule has 0 fully saturated rings. The van der Waals surface area contributed by atoms with Gasteiger partial charge in [0.25, 0.3) is 5.91 Å². The van der Waals surface area contributed by atoms with Crippen molar-refractivity contribution < 1.29 is 14.3 Å². The van der Waals surface area contributed by atoms with Crippen molar-refractivity contribution in [1.29, 1.82) is 0 Å². The van der Waals surface area contributed by atoms with Crippen molar-refractivity contribution in [2.24, 2.45) is 0 Å². The van der Waals surface area contributed by atoms with Crippen LogP contribution < -0.4 is 14.8 Å². The van der Waals surface area contributed by atoms with E-state index in [1.165, 1.54) is 0 Å². The van der Waals surface area contributed by atoms with Crippen LogP contribution in [0.2, 0.25) is 0 Å². The van der Waals surface area contributed by atoms with Crippen LogP contribution in [0.5, 0.6) is 11.5 Å². The molecular weight excluding hydrogens is 440 g/mol. The first-order chi connectivity index (χ1) is 17.2. The van der Waals surface area contributed by atoms with Crippen LogP contribution in [-0.4, -0.2) is 35.1 Å². The number of nitrogens with zero attached hydrogens (tertiary/aromatic N) is 2. The first-order valence-electron chi connectivity index (χ1n) is 11.2. The lowest BCUT2D eigenvalue weighted by Crippen LogP contribution is -2.28. The number of ether oxygens (including phenoxy) is 2. The average Bonchev–Trinajstić information content (AvgIpc) is 3.48. The van der Waals surface area contributed by atoms with Gasteiger partial charge in [-0.1, -0.05) is 42.5 Å². The summed E-state index contributed by atoms with van der Waals surface area (Å²) in [6.45, 7) is 0. The van der Waals surface area contributed by atoms with Gasteiger partial charge < -0.3 is 19.8 Å². The van der Waals surface area contributed by atoms with E-state index in [1.54, 1.807) is 44.8 Å². The summed E-state index contributed by atoms with van der Waals surface area (Å²) in [5, 5.41) is 3.22. The lowest BCUT2D eigenvalue weighted by Gasteiger charge is -2.17. The number of H-pyrrole nitrogens is 1. The molecule has 0 spiro atoms. The van der Waals surface area contributed by atoms with Crippen LogP contribution in [-0.2, 0) is 0 Å². The van der Waals surface area contributed by atoms with Gasteiger partial charge in [0.2, 0.25) is 0 Å². The molecule has 0 unspecified atom stereocenters. The summed E-state index contributed by atoms with van der Waals surface area (Å²) >= 11 is 0. The van der Waals surface area contributed by atoms with Crippen molar-refractivity contribution >= 4 is 16.9 Å². The van der Waals surface area contributed by atoms with Gasteiger partial charge in [-0.25, -0.2) is 4.98 Å². The molecule has 2 heterocycles. The van der Waals surface area contributed by atoms with E-state index < -0.39 is 0 Å². The minimum Gasteiger partial charge on any atom is -0.497 e.